The molecule has 1 aliphatic carbocycles. The molecule has 0 bridgehead atoms. The van der Waals surface area contributed by atoms with Crippen molar-refractivity contribution in [3.05, 3.63) is 96.2 Å². The molecule has 0 unspecified atom stereocenters. The monoisotopic (exact) mass is 574 g/mol. The molecule has 1 amide bonds. The Kier molecular flexibility index (Phi) is 7.22. The smallest absolute Gasteiger partial charge is 0.408 e. The molecule has 3 aromatic carbocycles. The van der Waals surface area contributed by atoms with Crippen LogP contribution < -0.4 is 5.32 Å². The van der Waals surface area contributed by atoms with Gasteiger partial charge in [0, 0.05) is 34.3 Å². The molecule has 0 aliphatic heterocycles. The van der Waals surface area contributed by atoms with Gasteiger partial charge in [-0.3, -0.25) is 0 Å². The Hall–Kier alpha value is -4.98. The molecule has 0 spiro atoms. The van der Waals surface area contributed by atoms with E-state index in [2.05, 4.69) is 41.7 Å². The van der Waals surface area contributed by atoms with Crippen molar-refractivity contribution in [2.45, 2.75) is 51.2 Å². The van der Waals surface area contributed by atoms with Gasteiger partial charge in [0.15, 0.2) is 5.65 Å². The standard InChI is InChI=1S/C35H34N4O4/c1-34(2,3)43-33(41)37-35(20-9-21-35)26-17-14-25(15-18-26)30-28(23-10-6-5-7-11-23)22-39-32(36-30)27-13-8-12-24(31(27)38-39)16-19-29(40)42-4/h5-8,10-19,22H,9,20-21H2,1-4H3,(H,37,41). The summed E-state index contributed by atoms with van der Waals surface area (Å²) >= 11 is 0. The van der Waals surface area contributed by atoms with Crippen molar-refractivity contribution in [2.24, 2.45) is 0 Å². The highest BCUT2D eigenvalue weighted by molar-refractivity contribution is 6.00. The number of nitrogens with zero attached hydrogens (tertiary/aromatic N) is 3. The van der Waals surface area contributed by atoms with Gasteiger partial charge in [0.25, 0.3) is 0 Å². The van der Waals surface area contributed by atoms with Crippen LogP contribution in [0.2, 0.25) is 0 Å². The maximum atomic E-state index is 12.7. The number of nitrogens with one attached hydrogen (secondary N) is 1. The fourth-order valence-corrected chi connectivity index (χ4v) is 5.55. The second-order valence-corrected chi connectivity index (χ2v) is 11.9. The van der Waals surface area contributed by atoms with Crippen LogP contribution in [0.4, 0.5) is 4.79 Å². The van der Waals surface area contributed by atoms with Crippen molar-refractivity contribution in [3.63, 3.8) is 0 Å². The Morgan fingerprint density at radius 3 is 2.35 bits per heavy atom. The number of amides is 1. The molecule has 8 nitrogen and oxygen atoms in total. The molecule has 43 heavy (non-hydrogen) atoms. The lowest BCUT2D eigenvalue weighted by Crippen LogP contribution is -2.52. The molecule has 1 N–H and O–H groups in total. The van der Waals surface area contributed by atoms with E-state index in [1.54, 1.807) is 10.6 Å². The lowest BCUT2D eigenvalue weighted by atomic mass is 9.71. The predicted molar refractivity (Wildman–Crippen MR) is 167 cm³/mol. The molecule has 6 rings (SSSR count). The molecular formula is C35H34N4O4. The molecule has 0 atom stereocenters. The van der Waals surface area contributed by atoms with Gasteiger partial charge in [0.1, 0.15) is 11.1 Å². The summed E-state index contributed by atoms with van der Waals surface area (Å²) in [5, 5.41) is 8.87. The third kappa shape index (κ3) is 5.60. The van der Waals surface area contributed by atoms with Gasteiger partial charge >= 0.3 is 12.1 Å². The van der Waals surface area contributed by atoms with E-state index in [0.717, 1.165) is 63.7 Å². The van der Waals surface area contributed by atoms with E-state index in [4.69, 9.17) is 19.6 Å². The van der Waals surface area contributed by atoms with Crippen molar-refractivity contribution in [1.82, 2.24) is 19.9 Å². The normalized spacial score (nSPS) is 14.5. The summed E-state index contributed by atoms with van der Waals surface area (Å²) in [5.74, 6) is -0.430. The van der Waals surface area contributed by atoms with Crippen LogP contribution in [0, 0.1) is 0 Å². The van der Waals surface area contributed by atoms with Crippen molar-refractivity contribution < 1.29 is 19.1 Å². The highest BCUT2D eigenvalue weighted by Gasteiger charge is 2.41. The van der Waals surface area contributed by atoms with Gasteiger partial charge in [-0.1, -0.05) is 66.7 Å². The number of hydrogen-bond donors (Lipinski definition) is 1. The Morgan fingerprint density at radius 1 is 0.953 bits per heavy atom. The Balaban J connectivity index is 1.43. The number of esters is 1. The summed E-state index contributed by atoms with van der Waals surface area (Å²) in [7, 11) is 1.35. The number of ether oxygens (including phenoxy) is 2. The zero-order valence-electron chi connectivity index (χ0n) is 24.8. The average Bonchev–Trinajstić information content (AvgIpc) is 3.35. The lowest BCUT2D eigenvalue weighted by Gasteiger charge is -2.43. The Bertz CT molecular complexity index is 1850. The van der Waals surface area contributed by atoms with Gasteiger partial charge in [-0.2, -0.15) is 5.10 Å². The SMILES string of the molecule is COC(=O)C=Cc1cccc2c1nn1cc(-c3ccccc3)c(-c3ccc(C4(NC(=O)OC(C)(C)C)CCC4)cc3)nc21. The zero-order valence-corrected chi connectivity index (χ0v) is 24.8. The number of fused-ring (bicyclic) bond motifs is 3. The van der Waals surface area contributed by atoms with Gasteiger partial charge in [-0.15, -0.1) is 0 Å². The molecule has 1 aliphatic rings. The summed E-state index contributed by atoms with van der Waals surface area (Å²) < 4.78 is 12.1. The topological polar surface area (TPSA) is 94.8 Å². The summed E-state index contributed by atoms with van der Waals surface area (Å²) in [6.45, 7) is 5.60. The molecule has 1 fully saturated rings. The predicted octanol–water partition coefficient (Wildman–Crippen LogP) is 7.31. The summed E-state index contributed by atoms with van der Waals surface area (Å²) in [6.07, 6.45) is 7.47. The molecule has 5 aromatic rings. The Morgan fingerprint density at radius 2 is 1.70 bits per heavy atom. The number of rotatable bonds is 6. The highest BCUT2D eigenvalue weighted by Crippen LogP contribution is 2.42. The van der Waals surface area contributed by atoms with Crippen molar-refractivity contribution in [1.29, 1.82) is 0 Å². The van der Waals surface area contributed by atoms with E-state index >= 15 is 0 Å². The van der Waals surface area contributed by atoms with E-state index in [0.29, 0.717) is 5.65 Å². The van der Waals surface area contributed by atoms with Crippen molar-refractivity contribution in [3.8, 4) is 22.4 Å². The van der Waals surface area contributed by atoms with Gasteiger partial charge in [-0.25, -0.2) is 19.1 Å². The van der Waals surface area contributed by atoms with Crippen LogP contribution in [0.3, 0.4) is 0 Å². The van der Waals surface area contributed by atoms with E-state index in [1.807, 2.05) is 63.4 Å². The minimum atomic E-state index is -0.562. The quantitative estimate of drug-likeness (QED) is 0.169. The number of methoxy groups -OCH3 is 1. The average molecular weight is 575 g/mol. The van der Waals surface area contributed by atoms with Crippen LogP contribution in [-0.2, 0) is 19.8 Å². The zero-order chi connectivity index (χ0) is 30.2. The molecule has 0 saturated heterocycles. The first-order valence-electron chi connectivity index (χ1n) is 14.4. The number of hydrogen-bond acceptors (Lipinski definition) is 6. The van der Waals surface area contributed by atoms with Crippen LogP contribution in [0.1, 0.15) is 51.2 Å². The summed E-state index contributed by atoms with van der Waals surface area (Å²) in [5.41, 5.74) is 6.03. The first kappa shape index (κ1) is 28.2. The van der Waals surface area contributed by atoms with Crippen LogP contribution >= 0.6 is 0 Å². The third-order valence-electron chi connectivity index (χ3n) is 7.80. The maximum absolute atomic E-state index is 12.7. The molecule has 8 heteroatoms. The number of benzene rings is 3. The minimum absolute atomic E-state index is 0.400. The second kappa shape index (κ2) is 11.0. The Labute approximate surface area is 250 Å². The van der Waals surface area contributed by atoms with E-state index in [9.17, 15) is 9.59 Å². The molecule has 2 heterocycles. The number of aromatic nitrogens is 3. The van der Waals surface area contributed by atoms with Crippen LogP contribution in [-0.4, -0.2) is 39.4 Å². The van der Waals surface area contributed by atoms with Gasteiger partial charge in [0.05, 0.1) is 18.3 Å². The first-order chi connectivity index (χ1) is 20.7. The van der Waals surface area contributed by atoms with Gasteiger partial charge < -0.3 is 14.8 Å². The third-order valence-corrected chi connectivity index (χ3v) is 7.80. The first-order valence-corrected chi connectivity index (χ1v) is 14.4. The number of carbonyl (C=O) groups excluding carboxylic acids is 2. The number of alkyl carbamates (subject to hydrolysis) is 1. The molecule has 218 valence electrons. The molecule has 0 radical (unpaired) electrons. The molecular weight excluding hydrogens is 540 g/mol. The molecule has 2 aromatic heterocycles. The van der Waals surface area contributed by atoms with Crippen molar-refractivity contribution in [2.75, 3.05) is 7.11 Å². The van der Waals surface area contributed by atoms with Crippen molar-refractivity contribution >= 4 is 34.7 Å². The van der Waals surface area contributed by atoms with Crippen LogP contribution in [0.15, 0.2) is 85.1 Å². The maximum Gasteiger partial charge on any atom is 0.408 e. The van der Waals surface area contributed by atoms with Gasteiger partial charge in [0.2, 0.25) is 0 Å². The largest absolute Gasteiger partial charge is 0.466 e. The highest BCUT2D eigenvalue weighted by atomic mass is 16.6. The van der Waals surface area contributed by atoms with E-state index < -0.39 is 23.2 Å². The van der Waals surface area contributed by atoms with Crippen LogP contribution in [0.5, 0.6) is 0 Å². The lowest BCUT2D eigenvalue weighted by molar-refractivity contribution is -0.134. The fourth-order valence-electron chi connectivity index (χ4n) is 5.55. The summed E-state index contributed by atoms with van der Waals surface area (Å²) in [6, 6.07) is 24.2. The van der Waals surface area contributed by atoms with E-state index in [-0.39, 0.29) is 0 Å². The number of carbonyl (C=O) groups is 2. The summed E-state index contributed by atoms with van der Waals surface area (Å²) in [4.78, 5) is 29.6. The second-order valence-electron chi connectivity index (χ2n) is 11.9. The molecule has 1 saturated carbocycles. The minimum Gasteiger partial charge on any atom is -0.466 e. The van der Waals surface area contributed by atoms with Gasteiger partial charge in [-0.05, 0) is 63.3 Å². The van der Waals surface area contributed by atoms with E-state index in [1.165, 1.54) is 13.2 Å². The fraction of sp³-hybridized carbons (Fsp3) is 0.257. The van der Waals surface area contributed by atoms with Crippen LogP contribution in [0.25, 0.3) is 45.0 Å².